The van der Waals surface area contributed by atoms with Crippen LogP contribution in [0.2, 0.25) is 0 Å². The van der Waals surface area contributed by atoms with Crippen LogP contribution in [0, 0.1) is 10.7 Å². The Labute approximate surface area is 162 Å². The molecule has 0 aliphatic heterocycles. The molecule has 3 heterocycles. The van der Waals surface area contributed by atoms with Gasteiger partial charge in [-0.15, -0.1) is 0 Å². The van der Waals surface area contributed by atoms with E-state index in [1.807, 2.05) is 54.6 Å². The van der Waals surface area contributed by atoms with Crippen LogP contribution in [0.1, 0.15) is 10.7 Å². The van der Waals surface area contributed by atoms with Gasteiger partial charge in [-0.1, -0.05) is 59.0 Å². The Morgan fingerprint density at radius 2 is 1.93 bits per heavy atom. The van der Waals surface area contributed by atoms with Crippen LogP contribution < -0.4 is 0 Å². The van der Waals surface area contributed by atoms with E-state index in [1.165, 1.54) is 11.3 Å². The number of aromatic nitrogens is 4. The third kappa shape index (κ3) is 2.77. The summed E-state index contributed by atoms with van der Waals surface area (Å²) in [6, 6.07) is 17.6. The standard InChI is InChI=1S/C19H11N5OS2/c20-11-26-18-17(12-6-2-1-3-7-12)21-19-24(18)22-16(27-19)10-14-13-8-4-5-9-15(13)25-23-14/h1-9H,10H2. The van der Waals surface area contributed by atoms with Crippen LogP contribution >= 0.6 is 23.1 Å². The SMILES string of the molecule is N#CSc1c(-c2ccccc2)nc2sc(Cc3noc4ccccc34)nn12. The van der Waals surface area contributed by atoms with Gasteiger partial charge in [0.15, 0.2) is 5.58 Å². The maximum Gasteiger partial charge on any atom is 0.213 e. The Hall–Kier alpha value is -3.15. The Morgan fingerprint density at radius 1 is 1.11 bits per heavy atom. The van der Waals surface area contributed by atoms with Crippen LogP contribution in [0.25, 0.3) is 27.2 Å². The Bertz CT molecular complexity index is 1300. The predicted molar refractivity (Wildman–Crippen MR) is 105 cm³/mol. The van der Waals surface area contributed by atoms with E-state index in [1.54, 1.807) is 4.52 Å². The maximum absolute atomic E-state index is 9.23. The van der Waals surface area contributed by atoms with Crippen LogP contribution in [0.5, 0.6) is 0 Å². The summed E-state index contributed by atoms with van der Waals surface area (Å²) in [5.41, 5.74) is 3.36. The highest BCUT2D eigenvalue weighted by molar-refractivity contribution is 8.03. The highest BCUT2D eigenvalue weighted by Crippen LogP contribution is 2.34. The Morgan fingerprint density at radius 3 is 2.78 bits per heavy atom. The number of rotatable bonds is 4. The van der Waals surface area contributed by atoms with Crippen molar-refractivity contribution in [3.63, 3.8) is 0 Å². The molecule has 0 fully saturated rings. The van der Waals surface area contributed by atoms with E-state index in [0.29, 0.717) is 6.42 Å². The lowest BCUT2D eigenvalue weighted by atomic mass is 10.2. The normalized spacial score (nSPS) is 11.2. The third-order valence-corrected chi connectivity index (χ3v) is 5.72. The Balaban J connectivity index is 1.57. The van der Waals surface area contributed by atoms with Crippen LogP contribution in [0.4, 0.5) is 0 Å². The van der Waals surface area contributed by atoms with Gasteiger partial charge in [0.1, 0.15) is 21.1 Å². The zero-order valence-corrected chi connectivity index (χ0v) is 15.5. The number of fused-ring (bicyclic) bond motifs is 2. The van der Waals surface area contributed by atoms with Gasteiger partial charge in [0, 0.05) is 29.1 Å². The van der Waals surface area contributed by atoms with Crippen molar-refractivity contribution in [2.45, 2.75) is 11.4 Å². The van der Waals surface area contributed by atoms with Gasteiger partial charge in [-0.2, -0.15) is 14.9 Å². The van der Waals surface area contributed by atoms with E-state index in [4.69, 9.17) is 9.51 Å². The molecule has 8 heteroatoms. The highest BCUT2D eigenvalue weighted by atomic mass is 32.2. The smallest absolute Gasteiger partial charge is 0.213 e. The van der Waals surface area contributed by atoms with Crippen LogP contribution in [-0.2, 0) is 6.42 Å². The molecule has 0 unspecified atom stereocenters. The number of para-hydroxylation sites is 1. The van der Waals surface area contributed by atoms with Crippen LogP contribution in [0.15, 0.2) is 64.1 Å². The van der Waals surface area contributed by atoms with Gasteiger partial charge in [-0.05, 0) is 12.1 Å². The quantitative estimate of drug-likeness (QED) is 0.326. The second kappa shape index (κ2) is 6.54. The summed E-state index contributed by atoms with van der Waals surface area (Å²) < 4.78 is 7.12. The second-order valence-electron chi connectivity index (χ2n) is 5.82. The molecule has 5 rings (SSSR count). The first-order chi connectivity index (χ1) is 13.3. The topological polar surface area (TPSA) is 80.0 Å². The summed E-state index contributed by atoms with van der Waals surface area (Å²) in [4.78, 5) is 5.48. The minimum atomic E-state index is 0.558. The predicted octanol–water partition coefficient (Wildman–Crippen LogP) is 4.76. The molecule has 5 aromatic rings. The summed E-state index contributed by atoms with van der Waals surface area (Å²) >= 11 is 2.57. The van der Waals surface area contributed by atoms with Crippen molar-refractivity contribution >= 4 is 39.0 Å². The summed E-state index contributed by atoms with van der Waals surface area (Å²) in [5.74, 6) is 0. The monoisotopic (exact) mass is 389 g/mol. The summed E-state index contributed by atoms with van der Waals surface area (Å²) in [6.45, 7) is 0. The minimum absolute atomic E-state index is 0.558. The van der Waals surface area contributed by atoms with Crippen molar-refractivity contribution in [2.24, 2.45) is 0 Å². The number of nitrogens with zero attached hydrogens (tertiary/aromatic N) is 5. The van der Waals surface area contributed by atoms with Crippen molar-refractivity contribution in [3.8, 4) is 16.7 Å². The van der Waals surface area contributed by atoms with Crippen molar-refractivity contribution in [1.29, 1.82) is 5.26 Å². The molecular formula is C19H11N5OS2. The van der Waals surface area contributed by atoms with E-state index < -0.39 is 0 Å². The molecule has 3 aromatic heterocycles. The van der Waals surface area contributed by atoms with Gasteiger partial charge >= 0.3 is 0 Å². The minimum Gasteiger partial charge on any atom is -0.356 e. The van der Waals surface area contributed by atoms with Crippen molar-refractivity contribution < 1.29 is 4.52 Å². The molecule has 2 aromatic carbocycles. The number of hydrogen-bond acceptors (Lipinski definition) is 7. The van der Waals surface area contributed by atoms with Crippen LogP contribution in [0.3, 0.4) is 0 Å². The largest absolute Gasteiger partial charge is 0.356 e. The molecule has 0 saturated carbocycles. The lowest BCUT2D eigenvalue weighted by Crippen LogP contribution is -1.93. The number of nitriles is 1. The molecule has 0 radical (unpaired) electrons. The van der Waals surface area contributed by atoms with Crippen LogP contribution in [-0.4, -0.2) is 19.8 Å². The molecule has 0 atom stereocenters. The Kier molecular flexibility index (Phi) is 3.89. The molecule has 27 heavy (non-hydrogen) atoms. The molecule has 130 valence electrons. The zero-order valence-electron chi connectivity index (χ0n) is 13.9. The molecule has 0 aliphatic rings. The fourth-order valence-corrected chi connectivity index (χ4v) is 4.48. The number of thiocyanates is 1. The average Bonchev–Trinajstić information content (AvgIpc) is 3.38. The molecule has 0 saturated heterocycles. The first-order valence-electron chi connectivity index (χ1n) is 8.16. The van der Waals surface area contributed by atoms with Gasteiger partial charge in [0.05, 0.1) is 5.69 Å². The molecule has 0 N–H and O–H groups in total. The number of hydrogen-bond donors (Lipinski definition) is 0. The number of benzene rings is 2. The van der Waals surface area contributed by atoms with Crippen molar-refractivity contribution in [2.75, 3.05) is 0 Å². The first kappa shape index (κ1) is 16.1. The fraction of sp³-hybridized carbons (Fsp3) is 0.0526. The summed E-state index contributed by atoms with van der Waals surface area (Å²) in [5, 5.41) is 22.8. The van der Waals surface area contributed by atoms with Gasteiger partial charge < -0.3 is 4.52 Å². The second-order valence-corrected chi connectivity index (χ2v) is 7.63. The van der Waals surface area contributed by atoms with E-state index in [2.05, 4.69) is 15.7 Å². The van der Waals surface area contributed by atoms with E-state index >= 15 is 0 Å². The molecule has 0 amide bonds. The summed E-state index contributed by atoms with van der Waals surface area (Å²) in [6.07, 6.45) is 0.558. The average molecular weight is 389 g/mol. The first-order valence-corrected chi connectivity index (χ1v) is 9.80. The van der Waals surface area contributed by atoms with Gasteiger partial charge in [-0.3, -0.25) is 0 Å². The van der Waals surface area contributed by atoms with Gasteiger partial charge in [0.2, 0.25) is 4.96 Å². The third-order valence-electron chi connectivity index (χ3n) is 4.16. The van der Waals surface area contributed by atoms with Crippen molar-refractivity contribution in [1.82, 2.24) is 19.8 Å². The number of imidazole rings is 1. The maximum atomic E-state index is 9.23. The fourth-order valence-electron chi connectivity index (χ4n) is 2.97. The van der Waals surface area contributed by atoms with E-state index in [0.717, 1.165) is 54.7 Å². The molecule has 0 aliphatic carbocycles. The highest BCUT2D eigenvalue weighted by Gasteiger charge is 2.19. The van der Waals surface area contributed by atoms with Crippen molar-refractivity contribution in [3.05, 3.63) is 65.3 Å². The van der Waals surface area contributed by atoms with E-state index in [9.17, 15) is 5.26 Å². The lowest BCUT2D eigenvalue weighted by Gasteiger charge is -1.99. The molecular weight excluding hydrogens is 378 g/mol. The lowest BCUT2D eigenvalue weighted by molar-refractivity contribution is 0.448. The molecule has 6 nitrogen and oxygen atoms in total. The summed E-state index contributed by atoms with van der Waals surface area (Å²) in [7, 11) is 0. The molecule has 0 bridgehead atoms. The van der Waals surface area contributed by atoms with Gasteiger partial charge in [0.25, 0.3) is 0 Å². The molecule has 0 spiro atoms. The number of thioether (sulfide) groups is 1. The van der Waals surface area contributed by atoms with Gasteiger partial charge in [-0.25, -0.2) is 4.98 Å². The van der Waals surface area contributed by atoms with E-state index in [-0.39, 0.29) is 0 Å². The zero-order chi connectivity index (χ0) is 18.2.